The SMILES string of the molecule is Nc1nc(-n2cncn2)ncc1C1CCC(CO)O1. The molecule has 2 aromatic heterocycles. The number of hydrogen-bond donors (Lipinski definition) is 2. The van der Waals surface area contributed by atoms with Crippen molar-refractivity contribution < 1.29 is 9.84 Å². The Kier molecular flexibility index (Phi) is 3.10. The van der Waals surface area contributed by atoms with Gasteiger partial charge in [0.05, 0.1) is 18.8 Å². The zero-order chi connectivity index (χ0) is 13.2. The quantitative estimate of drug-likeness (QED) is 0.791. The van der Waals surface area contributed by atoms with Gasteiger partial charge >= 0.3 is 0 Å². The molecule has 0 radical (unpaired) electrons. The van der Waals surface area contributed by atoms with E-state index in [-0.39, 0.29) is 18.8 Å². The van der Waals surface area contributed by atoms with Gasteiger partial charge in [-0.15, -0.1) is 0 Å². The summed E-state index contributed by atoms with van der Waals surface area (Å²) in [5, 5.41) is 13.0. The number of ether oxygens (including phenoxy) is 1. The van der Waals surface area contributed by atoms with E-state index in [2.05, 4.69) is 20.1 Å². The normalized spacial score (nSPS) is 22.8. The molecular weight excluding hydrogens is 248 g/mol. The van der Waals surface area contributed by atoms with Crippen LogP contribution < -0.4 is 5.73 Å². The first-order chi connectivity index (χ1) is 9.28. The summed E-state index contributed by atoms with van der Waals surface area (Å²) in [5.74, 6) is 0.736. The third-order valence-corrected chi connectivity index (χ3v) is 3.12. The Balaban J connectivity index is 1.84. The molecular formula is C11H14N6O2. The van der Waals surface area contributed by atoms with Crippen LogP contribution in [0.4, 0.5) is 5.82 Å². The number of aliphatic hydroxyl groups excluding tert-OH is 1. The van der Waals surface area contributed by atoms with Gasteiger partial charge in [0.25, 0.3) is 5.95 Å². The Hall–Kier alpha value is -2.06. The van der Waals surface area contributed by atoms with Gasteiger partial charge in [-0.1, -0.05) is 0 Å². The van der Waals surface area contributed by atoms with Crippen molar-refractivity contribution in [2.75, 3.05) is 12.3 Å². The monoisotopic (exact) mass is 262 g/mol. The van der Waals surface area contributed by atoms with Crippen molar-refractivity contribution in [3.8, 4) is 5.95 Å². The zero-order valence-corrected chi connectivity index (χ0v) is 10.2. The Labute approximate surface area is 109 Å². The van der Waals surface area contributed by atoms with Gasteiger partial charge in [0.15, 0.2) is 0 Å². The van der Waals surface area contributed by atoms with Crippen molar-refractivity contribution in [1.82, 2.24) is 24.7 Å². The summed E-state index contributed by atoms with van der Waals surface area (Å²) in [7, 11) is 0. The molecule has 0 aliphatic carbocycles. The second-order valence-electron chi connectivity index (χ2n) is 4.36. The van der Waals surface area contributed by atoms with Crippen LogP contribution in [0.1, 0.15) is 24.5 Å². The number of hydrogen-bond acceptors (Lipinski definition) is 7. The van der Waals surface area contributed by atoms with Gasteiger partial charge in [0.1, 0.15) is 18.5 Å². The largest absolute Gasteiger partial charge is 0.394 e. The highest BCUT2D eigenvalue weighted by Crippen LogP contribution is 2.34. The van der Waals surface area contributed by atoms with Crippen LogP contribution in [-0.2, 0) is 4.74 Å². The summed E-state index contributed by atoms with van der Waals surface area (Å²) in [6, 6.07) is 0. The molecule has 0 aromatic carbocycles. The van der Waals surface area contributed by atoms with E-state index in [0.29, 0.717) is 11.8 Å². The number of nitrogens with zero attached hydrogens (tertiary/aromatic N) is 5. The Morgan fingerprint density at radius 3 is 3.00 bits per heavy atom. The number of rotatable bonds is 3. The van der Waals surface area contributed by atoms with Gasteiger partial charge in [0, 0.05) is 11.8 Å². The first-order valence-electron chi connectivity index (χ1n) is 6.01. The van der Waals surface area contributed by atoms with Crippen LogP contribution in [0.25, 0.3) is 5.95 Å². The Bertz CT molecular complexity index is 558. The summed E-state index contributed by atoms with van der Waals surface area (Å²) in [4.78, 5) is 12.2. The van der Waals surface area contributed by atoms with Gasteiger partial charge in [-0.05, 0) is 12.8 Å². The lowest BCUT2D eigenvalue weighted by molar-refractivity contribution is 0.0110. The number of aromatic nitrogens is 5. The Morgan fingerprint density at radius 1 is 1.47 bits per heavy atom. The standard InChI is InChI=1S/C11H14N6O2/c12-10-8(9-2-1-7(4-18)19-9)3-14-11(16-10)17-6-13-5-15-17/h3,5-7,9,18H,1-2,4H2,(H2,12,14,16). The van der Waals surface area contributed by atoms with Crippen LogP contribution in [0.3, 0.4) is 0 Å². The molecule has 1 aliphatic rings. The minimum atomic E-state index is -0.151. The first kappa shape index (κ1) is 12.0. The van der Waals surface area contributed by atoms with E-state index in [1.54, 1.807) is 6.20 Å². The van der Waals surface area contributed by atoms with Crippen LogP contribution in [0.5, 0.6) is 0 Å². The molecule has 2 atom stereocenters. The van der Waals surface area contributed by atoms with E-state index in [1.165, 1.54) is 17.3 Å². The molecule has 1 aliphatic heterocycles. The van der Waals surface area contributed by atoms with Crippen molar-refractivity contribution in [2.45, 2.75) is 25.0 Å². The van der Waals surface area contributed by atoms with Crippen LogP contribution in [0.15, 0.2) is 18.9 Å². The van der Waals surface area contributed by atoms with E-state index in [9.17, 15) is 0 Å². The molecule has 1 saturated heterocycles. The maximum atomic E-state index is 9.06. The molecule has 2 unspecified atom stereocenters. The average Bonchev–Trinajstić information content (AvgIpc) is 3.10. The molecule has 1 fully saturated rings. The highest BCUT2D eigenvalue weighted by molar-refractivity contribution is 5.41. The number of aliphatic hydroxyl groups is 1. The second-order valence-corrected chi connectivity index (χ2v) is 4.36. The summed E-state index contributed by atoms with van der Waals surface area (Å²) in [6.45, 7) is 0.0221. The van der Waals surface area contributed by atoms with Gasteiger partial charge < -0.3 is 15.6 Å². The highest BCUT2D eigenvalue weighted by atomic mass is 16.5. The third-order valence-electron chi connectivity index (χ3n) is 3.12. The second kappa shape index (κ2) is 4.90. The molecule has 2 aromatic rings. The average molecular weight is 262 g/mol. The lowest BCUT2D eigenvalue weighted by Gasteiger charge is -2.14. The number of nitrogen functional groups attached to an aromatic ring is 1. The van der Waals surface area contributed by atoms with Gasteiger partial charge in [-0.3, -0.25) is 0 Å². The van der Waals surface area contributed by atoms with Crippen LogP contribution in [-0.4, -0.2) is 42.5 Å². The topological polar surface area (TPSA) is 112 Å². The lowest BCUT2D eigenvalue weighted by atomic mass is 10.1. The molecule has 3 rings (SSSR count). The van der Waals surface area contributed by atoms with Gasteiger partial charge in [0.2, 0.25) is 0 Å². The summed E-state index contributed by atoms with van der Waals surface area (Å²) < 4.78 is 7.10. The van der Waals surface area contributed by atoms with Crippen molar-refractivity contribution in [3.63, 3.8) is 0 Å². The predicted octanol–water partition coefficient (Wildman–Crippen LogP) is -0.148. The van der Waals surface area contributed by atoms with Crippen LogP contribution in [0, 0.1) is 0 Å². The van der Waals surface area contributed by atoms with Crippen molar-refractivity contribution in [2.24, 2.45) is 0 Å². The maximum Gasteiger partial charge on any atom is 0.253 e. The van der Waals surface area contributed by atoms with E-state index in [0.717, 1.165) is 18.4 Å². The van der Waals surface area contributed by atoms with Crippen molar-refractivity contribution >= 4 is 5.82 Å². The van der Waals surface area contributed by atoms with E-state index >= 15 is 0 Å². The smallest absolute Gasteiger partial charge is 0.253 e. The van der Waals surface area contributed by atoms with E-state index in [4.69, 9.17) is 15.6 Å². The predicted molar refractivity (Wildman–Crippen MR) is 65.3 cm³/mol. The van der Waals surface area contributed by atoms with Gasteiger partial charge in [-0.2, -0.15) is 14.8 Å². The molecule has 8 nitrogen and oxygen atoms in total. The minimum Gasteiger partial charge on any atom is -0.394 e. The number of anilines is 1. The molecule has 3 N–H and O–H groups in total. The molecule has 0 spiro atoms. The van der Waals surface area contributed by atoms with Crippen molar-refractivity contribution in [1.29, 1.82) is 0 Å². The highest BCUT2D eigenvalue weighted by Gasteiger charge is 2.28. The van der Waals surface area contributed by atoms with Gasteiger partial charge in [-0.25, -0.2) is 9.97 Å². The summed E-state index contributed by atoms with van der Waals surface area (Å²) >= 11 is 0. The molecule has 0 saturated carbocycles. The molecule has 0 bridgehead atoms. The molecule has 8 heteroatoms. The molecule has 3 heterocycles. The minimum absolute atomic E-state index is 0.0221. The zero-order valence-electron chi connectivity index (χ0n) is 10.2. The fourth-order valence-electron chi connectivity index (χ4n) is 2.13. The van der Waals surface area contributed by atoms with Crippen LogP contribution in [0.2, 0.25) is 0 Å². The summed E-state index contributed by atoms with van der Waals surface area (Å²) in [6.07, 6.45) is 5.89. The van der Waals surface area contributed by atoms with E-state index < -0.39 is 0 Å². The van der Waals surface area contributed by atoms with Crippen LogP contribution >= 0.6 is 0 Å². The fourth-order valence-corrected chi connectivity index (χ4v) is 2.13. The molecule has 100 valence electrons. The molecule has 0 amide bonds. The fraction of sp³-hybridized carbons (Fsp3) is 0.455. The molecule has 19 heavy (non-hydrogen) atoms. The third kappa shape index (κ3) is 2.27. The first-order valence-corrected chi connectivity index (χ1v) is 6.01. The number of nitrogens with two attached hydrogens (primary N) is 1. The van der Waals surface area contributed by atoms with E-state index in [1.807, 2.05) is 0 Å². The summed E-state index contributed by atoms with van der Waals surface area (Å²) in [5.41, 5.74) is 6.69. The maximum absolute atomic E-state index is 9.06. The van der Waals surface area contributed by atoms with Crippen molar-refractivity contribution in [3.05, 3.63) is 24.4 Å². The lowest BCUT2D eigenvalue weighted by Crippen LogP contribution is -2.13. The Morgan fingerprint density at radius 2 is 2.37 bits per heavy atom.